The Hall–Kier alpha value is -2.73. The summed E-state index contributed by atoms with van der Waals surface area (Å²) >= 11 is 0. The predicted molar refractivity (Wildman–Crippen MR) is 91.5 cm³/mol. The molecule has 0 saturated heterocycles. The molecule has 0 spiro atoms. The van der Waals surface area contributed by atoms with E-state index in [0.29, 0.717) is 22.6 Å². The van der Waals surface area contributed by atoms with Gasteiger partial charge in [-0.2, -0.15) is 0 Å². The van der Waals surface area contributed by atoms with Crippen LogP contribution in [-0.2, 0) is 9.84 Å². The predicted octanol–water partition coefficient (Wildman–Crippen LogP) is 3.08. The van der Waals surface area contributed by atoms with E-state index in [0.717, 1.165) is 11.8 Å². The SMILES string of the molecule is Cc1cc(-c2ccc(S(C)(=O)=O)cc2)c(-c2ccccn2)c(=O)o1. The normalized spacial score (nSPS) is 11.4. The molecule has 0 saturated carbocycles. The summed E-state index contributed by atoms with van der Waals surface area (Å²) in [6.45, 7) is 1.69. The van der Waals surface area contributed by atoms with Gasteiger partial charge in [0.15, 0.2) is 9.84 Å². The molecular formula is C18H15NO4S. The van der Waals surface area contributed by atoms with E-state index in [-0.39, 0.29) is 4.90 Å². The summed E-state index contributed by atoms with van der Waals surface area (Å²) in [7, 11) is -3.27. The molecule has 0 amide bonds. The Kier molecular flexibility index (Phi) is 4.07. The average molecular weight is 341 g/mol. The zero-order valence-corrected chi connectivity index (χ0v) is 14.0. The number of aromatic nitrogens is 1. The number of sulfone groups is 1. The minimum atomic E-state index is -3.27. The largest absolute Gasteiger partial charge is 0.428 e. The summed E-state index contributed by atoms with van der Waals surface area (Å²) in [6, 6.07) is 13.4. The minimum Gasteiger partial charge on any atom is -0.428 e. The van der Waals surface area contributed by atoms with Gasteiger partial charge in [0.25, 0.3) is 0 Å². The Labute approximate surface area is 139 Å². The number of nitrogens with zero attached hydrogens (tertiary/aromatic N) is 1. The van der Waals surface area contributed by atoms with E-state index in [2.05, 4.69) is 4.98 Å². The zero-order chi connectivity index (χ0) is 17.3. The van der Waals surface area contributed by atoms with Crippen LogP contribution in [0.25, 0.3) is 22.4 Å². The highest BCUT2D eigenvalue weighted by Gasteiger charge is 2.16. The molecule has 0 atom stereocenters. The molecule has 2 heterocycles. The summed E-state index contributed by atoms with van der Waals surface area (Å²) in [4.78, 5) is 16.8. The van der Waals surface area contributed by atoms with E-state index in [1.54, 1.807) is 49.5 Å². The van der Waals surface area contributed by atoms with Gasteiger partial charge in [0.1, 0.15) is 5.76 Å². The molecule has 0 fully saturated rings. The first-order valence-electron chi connectivity index (χ1n) is 7.23. The third kappa shape index (κ3) is 3.14. The Balaban J connectivity index is 2.23. The van der Waals surface area contributed by atoms with Crippen LogP contribution in [0.15, 0.2) is 68.8 Å². The van der Waals surface area contributed by atoms with Gasteiger partial charge >= 0.3 is 5.63 Å². The van der Waals surface area contributed by atoms with E-state index >= 15 is 0 Å². The summed E-state index contributed by atoms with van der Waals surface area (Å²) < 4.78 is 28.4. The standard InChI is InChI=1S/C18H15NO4S/c1-12-11-15(13-6-8-14(9-7-13)24(2,21)22)17(18(20)23-12)16-5-3-4-10-19-16/h3-11H,1-2H3. The second-order valence-corrected chi connectivity index (χ2v) is 7.46. The number of aryl methyl sites for hydroxylation is 1. The van der Waals surface area contributed by atoms with Crippen LogP contribution in [0.2, 0.25) is 0 Å². The van der Waals surface area contributed by atoms with Crippen LogP contribution in [0.5, 0.6) is 0 Å². The molecule has 1 aromatic carbocycles. The van der Waals surface area contributed by atoms with Crippen molar-refractivity contribution >= 4 is 9.84 Å². The van der Waals surface area contributed by atoms with Crippen molar-refractivity contribution in [1.29, 1.82) is 0 Å². The summed E-state index contributed by atoms with van der Waals surface area (Å²) in [5.74, 6) is 0.474. The average Bonchev–Trinajstić information content (AvgIpc) is 2.54. The number of benzene rings is 1. The molecule has 0 aliphatic rings. The van der Waals surface area contributed by atoms with Crippen LogP contribution in [0, 0.1) is 6.92 Å². The molecule has 2 aromatic heterocycles. The van der Waals surface area contributed by atoms with Crippen LogP contribution in [0.1, 0.15) is 5.76 Å². The fourth-order valence-corrected chi connectivity index (χ4v) is 3.11. The lowest BCUT2D eigenvalue weighted by atomic mass is 9.99. The zero-order valence-electron chi connectivity index (χ0n) is 13.2. The van der Waals surface area contributed by atoms with E-state index in [1.165, 1.54) is 12.1 Å². The lowest BCUT2D eigenvalue weighted by Gasteiger charge is -2.09. The third-order valence-electron chi connectivity index (χ3n) is 3.59. The number of hydrogen-bond donors (Lipinski definition) is 0. The lowest BCUT2D eigenvalue weighted by molar-refractivity contribution is 0.483. The van der Waals surface area contributed by atoms with Crippen LogP contribution in [0.3, 0.4) is 0 Å². The van der Waals surface area contributed by atoms with Gasteiger partial charge in [0.2, 0.25) is 0 Å². The van der Waals surface area contributed by atoms with Crippen LogP contribution in [-0.4, -0.2) is 19.7 Å². The third-order valence-corrected chi connectivity index (χ3v) is 4.72. The molecule has 0 N–H and O–H groups in total. The lowest BCUT2D eigenvalue weighted by Crippen LogP contribution is -2.07. The maximum Gasteiger partial charge on any atom is 0.346 e. The van der Waals surface area contributed by atoms with E-state index in [9.17, 15) is 13.2 Å². The molecule has 3 aromatic rings. The van der Waals surface area contributed by atoms with Crippen LogP contribution >= 0.6 is 0 Å². The molecule has 0 aliphatic heterocycles. The Bertz CT molecular complexity index is 1040. The van der Waals surface area contributed by atoms with Crippen molar-refractivity contribution < 1.29 is 12.8 Å². The second-order valence-electron chi connectivity index (χ2n) is 5.44. The van der Waals surface area contributed by atoms with Crippen molar-refractivity contribution in [1.82, 2.24) is 4.98 Å². The first-order valence-corrected chi connectivity index (χ1v) is 9.12. The number of hydrogen-bond acceptors (Lipinski definition) is 5. The fourth-order valence-electron chi connectivity index (χ4n) is 2.47. The molecule has 0 bridgehead atoms. The fraction of sp³-hybridized carbons (Fsp3) is 0.111. The van der Waals surface area contributed by atoms with Crippen molar-refractivity contribution in [2.24, 2.45) is 0 Å². The molecule has 0 unspecified atom stereocenters. The van der Waals surface area contributed by atoms with Crippen molar-refractivity contribution in [3.63, 3.8) is 0 Å². The van der Waals surface area contributed by atoms with Gasteiger partial charge in [-0.15, -0.1) is 0 Å². The molecule has 5 nitrogen and oxygen atoms in total. The monoisotopic (exact) mass is 341 g/mol. The Morgan fingerprint density at radius 2 is 1.75 bits per heavy atom. The molecule has 0 aliphatic carbocycles. The van der Waals surface area contributed by atoms with Crippen molar-refractivity contribution in [2.45, 2.75) is 11.8 Å². The van der Waals surface area contributed by atoms with Gasteiger partial charge in [0.05, 0.1) is 16.2 Å². The van der Waals surface area contributed by atoms with E-state index in [1.807, 2.05) is 0 Å². The smallest absolute Gasteiger partial charge is 0.346 e. The van der Waals surface area contributed by atoms with Crippen LogP contribution in [0.4, 0.5) is 0 Å². The van der Waals surface area contributed by atoms with Gasteiger partial charge in [-0.25, -0.2) is 13.2 Å². The molecule has 6 heteroatoms. The van der Waals surface area contributed by atoms with Crippen LogP contribution < -0.4 is 5.63 Å². The summed E-state index contributed by atoms with van der Waals surface area (Å²) in [6.07, 6.45) is 2.76. The summed E-state index contributed by atoms with van der Waals surface area (Å²) in [5.41, 5.74) is 1.76. The maximum absolute atomic E-state index is 12.4. The highest BCUT2D eigenvalue weighted by atomic mass is 32.2. The topological polar surface area (TPSA) is 77.2 Å². The molecule has 3 rings (SSSR count). The van der Waals surface area contributed by atoms with Gasteiger partial charge in [0, 0.05) is 18.0 Å². The quantitative estimate of drug-likeness (QED) is 0.731. The number of rotatable bonds is 3. The summed E-state index contributed by atoms with van der Waals surface area (Å²) in [5, 5.41) is 0. The van der Waals surface area contributed by atoms with Crippen molar-refractivity contribution in [3.05, 3.63) is 70.9 Å². The van der Waals surface area contributed by atoms with Gasteiger partial charge in [-0.3, -0.25) is 4.98 Å². The molecule has 24 heavy (non-hydrogen) atoms. The first kappa shape index (κ1) is 16.1. The highest BCUT2D eigenvalue weighted by Crippen LogP contribution is 2.29. The van der Waals surface area contributed by atoms with Crippen molar-refractivity contribution in [3.8, 4) is 22.4 Å². The second kappa shape index (κ2) is 6.05. The van der Waals surface area contributed by atoms with Gasteiger partial charge in [-0.1, -0.05) is 18.2 Å². The van der Waals surface area contributed by atoms with E-state index in [4.69, 9.17) is 4.42 Å². The van der Waals surface area contributed by atoms with Crippen molar-refractivity contribution in [2.75, 3.05) is 6.26 Å². The minimum absolute atomic E-state index is 0.227. The Morgan fingerprint density at radius 1 is 1.04 bits per heavy atom. The van der Waals surface area contributed by atoms with Gasteiger partial charge in [-0.05, 0) is 42.8 Å². The molecule has 0 radical (unpaired) electrons. The number of pyridine rings is 1. The molecular weight excluding hydrogens is 326 g/mol. The maximum atomic E-state index is 12.4. The Morgan fingerprint density at radius 3 is 2.33 bits per heavy atom. The first-order chi connectivity index (χ1) is 11.4. The van der Waals surface area contributed by atoms with Gasteiger partial charge < -0.3 is 4.42 Å². The van der Waals surface area contributed by atoms with E-state index < -0.39 is 15.5 Å². The highest BCUT2D eigenvalue weighted by molar-refractivity contribution is 7.90. The molecule has 122 valence electrons.